The summed E-state index contributed by atoms with van der Waals surface area (Å²) in [5.41, 5.74) is 3.04. The van der Waals surface area contributed by atoms with Gasteiger partial charge in [0.15, 0.2) is 5.78 Å². The lowest BCUT2D eigenvalue weighted by atomic mass is 9.72. The molecule has 0 spiro atoms. The van der Waals surface area contributed by atoms with Crippen molar-refractivity contribution in [3.8, 4) is 0 Å². The first-order valence-corrected chi connectivity index (χ1v) is 6.59. The molecule has 4 atom stereocenters. The number of hydrogen-bond donors (Lipinski definition) is 0. The fourth-order valence-electron chi connectivity index (χ4n) is 4.42. The molecule has 3 aliphatic carbocycles. The summed E-state index contributed by atoms with van der Waals surface area (Å²) < 4.78 is 5.30. The standard InChI is InChI=1S/C15H20O2/c1-8(2)14-10-4-5-11(14)15-12(10)6-9(17-3)7-13(15)16/h7,10-12,15H,4-6H2,1-3H3/t10-,11+,12-,15+/m1/s1. The van der Waals surface area contributed by atoms with Crippen molar-refractivity contribution in [1.29, 1.82) is 0 Å². The molecular formula is C15H20O2. The lowest BCUT2D eigenvalue weighted by Crippen LogP contribution is -2.32. The van der Waals surface area contributed by atoms with Gasteiger partial charge in [0.1, 0.15) is 0 Å². The van der Waals surface area contributed by atoms with Crippen molar-refractivity contribution in [2.75, 3.05) is 7.11 Å². The van der Waals surface area contributed by atoms with Crippen molar-refractivity contribution in [1.82, 2.24) is 0 Å². The molecule has 0 radical (unpaired) electrons. The molecule has 0 aromatic heterocycles. The summed E-state index contributed by atoms with van der Waals surface area (Å²) in [5, 5.41) is 0. The van der Waals surface area contributed by atoms with Crippen molar-refractivity contribution < 1.29 is 9.53 Å². The molecule has 0 aromatic carbocycles. The molecule has 0 aliphatic heterocycles. The van der Waals surface area contributed by atoms with E-state index >= 15 is 0 Å². The van der Waals surface area contributed by atoms with Crippen LogP contribution in [0.25, 0.3) is 0 Å². The molecule has 3 rings (SSSR count). The molecule has 0 saturated heterocycles. The van der Waals surface area contributed by atoms with Crippen LogP contribution in [0.2, 0.25) is 0 Å². The van der Waals surface area contributed by atoms with E-state index < -0.39 is 0 Å². The molecule has 0 amide bonds. The topological polar surface area (TPSA) is 26.3 Å². The minimum absolute atomic E-state index is 0.262. The first-order chi connectivity index (χ1) is 8.13. The van der Waals surface area contributed by atoms with Crippen LogP contribution in [0.3, 0.4) is 0 Å². The van der Waals surface area contributed by atoms with Crippen LogP contribution in [0, 0.1) is 23.7 Å². The predicted octanol–water partition coefficient (Wildman–Crippen LogP) is 3.10. The largest absolute Gasteiger partial charge is 0.501 e. The Morgan fingerprint density at radius 3 is 2.65 bits per heavy atom. The van der Waals surface area contributed by atoms with Crippen LogP contribution >= 0.6 is 0 Å². The average Bonchev–Trinajstić information content (AvgIpc) is 2.84. The van der Waals surface area contributed by atoms with E-state index in [4.69, 9.17) is 4.74 Å². The van der Waals surface area contributed by atoms with Gasteiger partial charge in [0.05, 0.1) is 12.9 Å². The van der Waals surface area contributed by atoms with Gasteiger partial charge in [0.25, 0.3) is 0 Å². The third-order valence-corrected chi connectivity index (χ3v) is 4.91. The fourth-order valence-corrected chi connectivity index (χ4v) is 4.42. The zero-order valence-electron chi connectivity index (χ0n) is 10.8. The van der Waals surface area contributed by atoms with E-state index in [0.29, 0.717) is 23.5 Å². The molecule has 0 aromatic rings. The number of carbonyl (C=O) groups excluding carboxylic acids is 1. The number of carbonyl (C=O) groups is 1. The van der Waals surface area contributed by atoms with E-state index in [9.17, 15) is 4.79 Å². The van der Waals surface area contributed by atoms with E-state index in [1.165, 1.54) is 18.4 Å². The Kier molecular flexibility index (Phi) is 2.42. The lowest BCUT2D eigenvalue weighted by Gasteiger charge is -2.32. The molecule has 17 heavy (non-hydrogen) atoms. The number of fused-ring (bicyclic) bond motifs is 5. The second kappa shape index (κ2) is 3.72. The molecular weight excluding hydrogens is 212 g/mol. The average molecular weight is 232 g/mol. The second-order valence-corrected chi connectivity index (χ2v) is 5.86. The third-order valence-electron chi connectivity index (χ3n) is 4.91. The number of hydrogen-bond acceptors (Lipinski definition) is 2. The highest BCUT2D eigenvalue weighted by Crippen LogP contribution is 2.59. The number of rotatable bonds is 1. The molecule has 92 valence electrons. The van der Waals surface area contributed by atoms with Gasteiger partial charge in [0.2, 0.25) is 0 Å². The van der Waals surface area contributed by atoms with Crippen molar-refractivity contribution in [3.05, 3.63) is 23.0 Å². The van der Waals surface area contributed by atoms with Crippen LogP contribution in [-0.4, -0.2) is 12.9 Å². The summed E-state index contributed by atoms with van der Waals surface area (Å²) >= 11 is 0. The van der Waals surface area contributed by atoms with Crippen molar-refractivity contribution in [2.24, 2.45) is 23.7 Å². The summed E-state index contributed by atoms with van der Waals surface area (Å²) in [6, 6.07) is 0. The van der Waals surface area contributed by atoms with Gasteiger partial charge in [0, 0.05) is 18.4 Å². The molecule has 0 heterocycles. The minimum atomic E-state index is 0.262. The van der Waals surface area contributed by atoms with Crippen LogP contribution < -0.4 is 0 Å². The SMILES string of the molecule is COC1=CC(=O)[C@@H]2[C@H](C1)[C@H]1CC[C@H]2C1=C(C)C. The van der Waals surface area contributed by atoms with Gasteiger partial charge in [-0.05, 0) is 44.4 Å². The minimum Gasteiger partial charge on any atom is -0.501 e. The van der Waals surface area contributed by atoms with E-state index in [0.717, 1.165) is 12.2 Å². The zero-order chi connectivity index (χ0) is 12.2. The van der Waals surface area contributed by atoms with Gasteiger partial charge in [-0.25, -0.2) is 0 Å². The van der Waals surface area contributed by atoms with Gasteiger partial charge in [-0.15, -0.1) is 0 Å². The first-order valence-electron chi connectivity index (χ1n) is 6.59. The Hall–Kier alpha value is -1.05. The molecule has 0 N–H and O–H groups in total. The van der Waals surface area contributed by atoms with Crippen LogP contribution in [0.1, 0.15) is 33.1 Å². The maximum Gasteiger partial charge on any atom is 0.163 e. The fraction of sp³-hybridized carbons (Fsp3) is 0.667. The third kappa shape index (κ3) is 1.42. The Balaban J connectivity index is 2.00. The van der Waals surface area contributed by atoms with Crippen molar-refractivity contribution in [2.45, 2.75) is 33.1 Å². The summed E-state index contributed by atoms with van der Waals surface area (Å²) in [7, 11) is 1.68. The highest BCUT2D eigenvalue weighted by atomic mass is 16.5. The smallest absolute Gasteiger partial charge is 0.163 e. The maximum atomic E-state index is 12.2. The number of allylic oxidation sites excluding steroid dienone is 4. The van der Waals surface area contributed by atoms with Gasteiger partial charge in [-0.3, -0.25) is 4.79 Å². The van der Waals surface area contributed by atoms with Crippen molar-refractivity contribution >= 4 is 5.78 Å². The molecule has 2 nitrogen and oxygen atoms in total. The summed E-state index contributed by atoms with van der Waals surface area (Å²) in [6.45, 7) is 4.40. The number of ketones is 1. The molecule has 3 aliphatic rings. The Labute approximate surface area is 103 Å². The van der Waals surface area contributed by atoms with E-state index in [2.05, 4.69) is 13.8 Å². The van der Waals surface area contributed by atoms with Gasteiger partial charge >= 0.3 is 0 Å². The highest BCUT2D eigenvalue weighted by molar-refractivity contribution is 5.94. The van der Waals surface area contributed by atoms with Crippen LogP contribution in [0.5, 0.6) is 0 Å². The van der Waals surface area contributed by atoms with Crippen LogP contribution in [0.15, 0.2) is 23.0 Å². The van der Waals surface area contributed by atoms with Gasteiger partial charge in [-0.2, -0.15) is 0 Å². The lowest BCUT2D eigenvalue weighted by molar-refractivity contribution is -0.122. The number of ether oxygens (including phenoxy) is 1. The molecule has 2 bridgehead atoms. The van der Waals surface area contributed by atoms with Crippen LogP contribution in [-0.2, 0) is 9.53 Å². The molecule has 2 saturated carbocycles. The molecule has 2 heteroatoms. The van der Waals surface area contributed by atoms with E-state index in [1.54, 1.807) is 18.8 Å². The van der Waals surface area contributed by atoms with E-state index in [1.807, 2.05) is 0 Å². The summed E-state index contributed by atoms with van der Waals surface area (Å²) in [6.07, 6.45) is 5.19. The van der Waals surface area contributed by atoms with Crippen LogP contribution in [0.4, 0.5) is 0 Å². The molecule has 2 fully saturated rings. The normalized spacial score (nSPS) is 39.1. The molecule has 0 unspecified atom stereocenters. The zero-order valence-corrected chi connectivity index (χ0v) is 10.8. The monoisotopic (exact) mass is 232 g/mol. The quantitative estimate of drug-likeness (QED) is 0.649. The Morgan fingerprint density at radius 2 is 2.00 bits per heavy atom. The first kappa shape index (κ1) is 11.1. The van der Waals surface area contributed by atoms with Gasteiger partial charge in [-0.1, -0.05) is 11.1 Å². The summed E-state index contributed by atoms with van der Waals surface area (Å²) in [5.74, 6) is 3.17. The van der Waals surface area contributed by atoms with E-state index in [-0.39, 0.29) is 5.92 Å². The maximum absolute atomic E-state index is 12.2. The van der Waals surface area contributed by atoms with Crippen molar-refractivity contribution in [3.63, 3.8) is 0 Å². The summed E-state index contributed by atoms with van der Waals surface area (Å²) in [4.78, 5) is 12.2. The number of methoxy groups -OCH3 is 1. The van der Waals surface area contributed by atoms with Gasteiger partial charge < -0.3 is 4.74 Å². The predicted molar refractivity (Wildman–Crippen MR) is 66.3 cm³/mol. The Bertz CT molecular complexity index is 426. The Morgan fingerprint density at radius 1 is 1.29 bits per heavy atom. The highest BCUT2D eigenvalue weighted by Gasteiger charge is 2.55. The second-order valence-electron chi connectivity index (χ2n) is 5.86.